The fraction of sp³-hybridized carbons (Fsp3) is 0.909. The Morgan fingerprint density at radius 1 is 1.13 bits per heavy atom. The van der Waals surface area contributed by atoms with Crippen LogP contribution in [0.25, 0.3) is 0 Å². The Bertz CT molecular complexity index is 209. The van der Waals surface area contributed by atoms with Crippen LogP contribution in [0.4, 0.5) is 0 Å². The van der Waals surface area contributed by atoms with Gasteiger partial charge in [0.05, 0.1) is 11.2 Å². The van der Waals surface area contributed by atoms with Crippen LogP contribution in [0.5, 0.6) is 0 Å². The van der Waals surface area contributed by atoms with Gasteiger partial charge >= 0.3 is 26.0 Å². The summed E-state index contributed by atoms with van der Waals surface area (Å²) in [5, 5.41) is 0. The van der Waals surface area contributed by atoms with Crippen molar-refractivity contribution in [1.29, 1.82) is 0 Å². The molecule has 0 bridgehead atoms. The maximum Gasteiger partial charge on any atom is 1.00 e. The predicted octanol–water partition coefficient (Wildman–Crippen LogP) is -0.159. The van der Waals surface area contributed by atoms with Gasteiger partial charge in [0.1, 0.15) is 0 Å². The first-order chi connectivity index (χ1) is 6.42. The van der Waals surface area contributed by atoms with Crippen molar-refractivity contribution in [2.24, 2.45) is 0 Å². The van der Waals surface area contributed by atoms with E-state index in [0.717, 1.165) is 6.42 Å². The van der Waals surface area contributed by atoms with E-state index in [4.69, 9.17) is 9.31 Å². The first-order valence-electron chi connectivity index (χ1n) is 5.60. The molecular weight excluding hydrogens is 182 g/mol. The summed E-state index contributed by atoms with van der Waals surface area (Å²) in [7, 11) is 0.0127. The van der Waals surface area contributed by atoms with Crippen molar-refractivity contribution in [2.75, 3.05) is 0 Å². The van der Waals surface area contributed by atoms with Crippen LogP contribution in [0, 0.1) is 6.42 Å². The molecule has 1 saturated carbocycles. The van der Waals surface area contributed by atoms with Crippen molar-refractivity contribution in [3.63, 3.8) is 0 Å². The van der Waals surface area contributed by atoms with E-state index in [1.807, 2.05) is 0 Å². The van der Waals surface area contributed by atoms with Crippen LogP contribution in [0.2, 0.25) is 5.82 Å². The van der Waals surface area contributed by atoms with Gasteiger partial charge in [-0.3, -0.25) is 0 Å². The Morgan fingerprint density at radius 3 is 2.07 bits per heavy atom. The van der Waals surface area contributed by atoms with E-state index in [1.165, 1.54) is 12.8 Å². The Kier molecular flexibility index (Phi) is 4.05. The SMILES string of the molecule is CC1(C)OB(C2C[CH-]CC2)OC1(C)C.[Li+]. The molecule has 1 saturated heterocycles. The van der Waals surface area contributed by atoms with Crippen molar-refractivity contribution in [3.05, 3.63) is 6.42 Å². The van der Waals surface area contributed by atoms with Gasteiger partial charge in [0.15, 0.2) is 0 Å². The second kappa shape index (κ2) is 4.45. The fourth-order valence-electron chi connectivity index (χ4n) is 2.11. The Morgan fingerprint density at radius 2 is 1.67 bits per heavy atom. The number of hydrogen-bond acceptors (Lipinski definition) is 2. The quantitative estimate of drug-likeness (QED) is 0.434. The Labute approximate surface area is 106 Å². The molecule has 0 N–H and O–H groups in total. The molecule has 1 aliphatic heterocycles. The second-order valence-electron chi connectivity index (χ2n) is 5.49. The van der Waals surface area contributed by atoms with E-state index < -0.39 is 0 Å². The predicted molar refractivity (Wildman–Crippen MR) is 58.0 cm³/mol. The van der Waals surface area contributed by atoms with Crippen molar-refractivity contribution < 1.29 is 28.2 Å². The van der Waals surface area contributed by atoms with Gasteiger partial charge in [-0.25, -0.2) is 0 Å². The summed E-state index contributed by atoms with van der Waals surface area (Å²) in [5.74, 6) is 0.580. The molecule has 1 heterocycles. The topological polar surface area (TPSA) is 18.5 Å². The fourth-order valence-corrected chi connectivity index (χ4v) is 2.11. The standard InChI is InChI=1S/C11H20BO2.Li/c1-10(2)11(3,4)14-12(13-10)9-7-5-6-8-9;/h5,9H,6-8H2,1-4H3;/q-1;+1. The average molecular weight is 202 g/mol. The average Bonchev–Trinajstić information content (AvgIpc) is 2.58. The minimum atomic E-state index is -0.166. The molecule has 15 heavy (non-hydrogen) atoms. The van der Waals surface area contributed by atoms with Gasteiger partial charge < -0.3 is 15.7 Å². The van der Waals surface area contributed by atoms with Crippen molar-refractivity contribution in [1.82, 2.24) is 0 Å². The van der Waals surface area contributed by atoms with Gasteiger partial charge in [0, 0.05) is 0 Å². The normalized spacial score (nSPS) is 32.8. The summed E-state index contributed by atoms with van der Waals surface area (Å²) < 4.78 is 12.0. The Balaban J connectivity index is 0.00000112. The summed E-state index contributed by atoms with van der Waals surface area (Å²) in [6.07, 6.45) is 5.93. The minimum absolute atomic E-state index is 0. The smallest absolute Gasteiger partial charge is 0.403 e. The van der Waals surface area contributed by atoms with Crippen LogP contribution >= 0.6 is 0 Å². The van der Waals surface area contributed by atoms with Crippen molar-refractivity contribution in [2.45, 2.75) is 64.0 Å². The summed E-state index contributed by atoms with van der Waals surface area (Å²) >= 11 is 0. The molecule has 2 nitrogen and oxygen atoms in total. The van der Waals surface area contributed by atoms with E-state index in [1.54, 1.807) is 0 Å². The zero-order valence-electron chi connectivity index (χ0n) is 10.7. The zero-order valence-corrected chi connectivity index (χ0v) is 10.7. The second-order valence-corrected chi connectivity index (χ2v) is 5.49. The van der Waals surface area contributed by atoms with Gasteiger partial charge in [-0.05, 0) is 33.5 Å². The zero-order chi connectivity index (χ0) is 10.4. The summed E-state index contributed by atoms with van der Waals surface area (Å²) in [4.78, 5) is 0. The molecule has 2 aliphatic rings. The first kappa shape index (κ1) is 13.6. The Hall–Kier alpha value is 0.582. The molecule has 4 heteroatoms. The molecule has 80 valence electrons. The minimum Gasteiger partial charge on any atom is -0.403 e. The molecule has 0 amide bonds. The van der Waals surface area contributed by atoms with Crippen LogP contribution < -0.4 is 18.9 Å². The van der Waals surface area contributed by atoms with Gasteiger partial charge in [0.2, 0.25) is 0 Å². The maximum atomic E-state index is 6.01. The third kappa shape index (κ3) is 2.47. The third-order valence-electron chi connectivity index (χ3n) is 3.87. The molecule has 0 spiro atoms. The number of hydrogen-bond donors (Lipinski definition) is 0. The summed E-state index contributed by atoms with van der Waals surface area (Å²) in [6, 6.07) is 0. The van der Waals surface area contributed by atoms with Crippen molar-refractivity contribution >= 4 is 7.12 Å². The van der Waals surface area contributed by atoms with E-state index in [0.29, 0.717) is 5.82 Å². The number of rotatable bonds is 1. The van der Waals surface area contributed by atoms with Crippen molar-refractivity contribution in [3.8, 4) is 0 Å². The van der Waals surface area contributed by atoms with E-state index >= 15 is 0 Å². The molecule has 2 fully saturated rings. The molecular formula is C11H20BLiO2. The van der Waals surface area contributed by atoms with E-state index in [2.05, 4.69) is 34.1 Å². The van der Waals surface area contributed by atoms with Gasteiger partial charge in [-0.15, -0.1) is 0 Å². The molecule has 0 aromatic rings. The molecule has 1 aliphatic carbocycles. The van der Waals surface area contributed by atoms with Crippen LogP contribution in [-0.2, 0) is 9.31 Å². The monoisotopic (exact) mass is 202 g/mol. The van der Waals surface area contributed by atoms with E-state index in [9.17, 15) is 0 Å². The van der Waals surface area contributed by atoms with Crippen LogP contribution in [0.3, 0.4) is 0 Å². The molecule has 0 aromatic heterocycles. The van der Waals surface area contributed by atoms with Gasteiger partial charge in [-0.2, -0.15) is 12.8 Å². The van der Waals surface area contributed by atoms with Crippen LogP contribution in [-0.4, -0.2) is 18.3 Å². The molecule has 1 atom stereocenters. The largest absolute Gasteiger partial charge is 1.00 e. The molecule has 0 aromatic carbocycles. The van der Waals surface area contributed by atoms with Crippen LogP contribution in [0.15, 0.2) is 0 Å². The molecule has 2 rings (SSSR count). The van der Waals surface area contributed by atoms with E-state index in [-0.39, 0.29) is 37.2 Å². The van der Waals surface area contributed by atoms with Crippen LogP contribution in [0.1, 0.15) is 47.0 Å². The third-order valence-corrected chi connectivity index (χ3v) is 3.87. The van der Waals surface area contributed by atoms with Gasteiger partial charge in [-0.1, -0.05) is 6.42 Å². The summed E-state index contributed by atoms with van der Waals surface area (Å²) in [6.45, 7) is 8.47. The van der Waals surface area contributed by atoms with Gasteiger partial charge in [0.25, 0.3) is 0 Å². The molecule has 0 radical (unpaired) electrons. The molecule has 1 unspecified atom stereocenters. The maximum absolute atomic E-state index is 6.01. The first-order valence-corrected chi connectivity index (χ1v) is 5.60. The summed E-state index contributed by atoms with van der Waals surface area (Å²) in [5.41, 5.74) is -0.333.